The Morgan fingerprint density at radius 2 is 2.00 bits per heavy atom. The molecule has 1 saturated carbocycles. The molecule has 1 aliphatic carbocycles. The third-order valence-electron chi connectivity index (χ3n) is 4.39. The minimum absolute atomic E-state index is 0.0783. The van der Waals surface area contributed by atoms with E-state index in [0.29, 0.717) is 0 Å². The molecule has 7 nitrogen and oxygen atoms in total. The second-order valence-corrected chi connectivity index (χ2v) is 7.85. The van der Waals surface area contributed by atoms with Crippen LogP contribution in [-0.4, -0.2) is 44.7 Å². The summed E-state index contributed by atoms with van der Waals surface area (Å²) in [5.74, 6) is -0.923. The van der Waals surface area contributed by atoms with Gasteiger partial charge in [-0.25, -0.2) is 18.2 Å². The van der Waals surface area contributed by atoms with Crippen LogP contribution >= 0.6 is 0 Å². The van der Waals surface area contributed by atoms with Crippen LogP contribution in [0.15, 0.2) is 17.3 Å². The second kappa shape index (κ2) is 5.92. The zero-order valence-corrected chi connectivity index (χ0v) is 13.6. The number of hydrogen-bond donors (Lipinski definition) is 0. The molecule has 0 atom stereocenters. The molecule has 1 amide bonds. The lowest BCUT2D eigenvalue weighted by atomic mass is 10.1. The third kappa shape index (κ3) is 2.83. The highest BCUT2D eigenvalue weighted by molar-refractivity contribution is 7.91. The van der Waals surface area contributed by atoms with Gasteiger partial charge in [-0.2, -0.15) is 0 Å². The Kier molecular flexibility index (Phi) is 4.09. The number of hydrogen-bond acceptors (Lipinski definition) is 6. The highest BCUT2D eigenvalue weighted by Gasteiger charge is 2.37. The molecule has 3 rings (SSSR count). The average Bonchev–Trinajstić information content (AvgIpc) is 3.07. The summed E-state index contributed by atoms with van der Waals surface area (Å²) >= 11 is 0. The van der Waals surface area contributed by atoms with Crippen molar-refractivity contribution in [2.75, 3.05) is 24.3 Å². The second-order valence-electron chi connectivity index (χ2n) is 5.83. The Morgan fingerprint density at radius 1 is 1.30 bits per heavy atom. The van der Waals surface area contributed by atoms with E-state index in [-0.39, 0.29) is 40.4 Å². The molecule has 8 heteroatoms. The van der Waals surface area contributed by atoms with E-state index < -0.39 is 15.8 Å². The van der Waals surface area contributed by atoms with Crippen molar-refractivity contribution >= 4 is 27.4 Å². The molecule has 1 aliphatic heterocycles. The molecule has 124 valence electrons. The van der Waals surface area contributed by atoms with E-state index in [4.69, 9.17) is 0 Å². The van der Waals surface area contributed by atoms with E-state index >= 15 is 0 Å². The predicted molar refractivity (Wildman–Crippen MR) is 81.9 cm³/mol. The first-order valence-electron chi connectivity index (χ1n) is 7.56. The summed E-state index contributed by atoms with van der Waals surface area (Å²) in [6.07, 6.45) is 4.83. The molecule has 1 fully saturated rings. The number of amides is 1. The summed E-state index contributed by atoms with van der Waals surface area (Å²) in [4.78, 5) is 29.8. The summed E-state index contributed by atoms with van der Waals surface area (Å²) in [7, 11) is -2.30. The van der Waals surface area contributed by atoms with Crippen LogP contribution in [0, 0.1) is 5.92 Å². The number of ether oxygens (including phenoxy) is 1. The summed E-state index contributed by atoms with van der Waals surface area (Å²) < 4.78 is 29.0. The number of sulfone groups is 1. The lowest BCUT2D eigenvalue weighted by molar-refractivity contribution is -0.122. The molecule has 0 radical (unpaired) electrons. The maximum Gasteiger partial charge on any atom is 0.339 e. The summed E-state index contributed by atoms with van der Waals surface area (Å²) in [5, 5.41) is -0.136. The minimum Gasteiger partial charge on any atom is -0.465 e. The number of rotatable bonds is 2. The number of carbonyl (C=O) groups is 2. The highest BCUT2D eigenvalue weighted by atomic mass is 32.2. The average molecular weight is 338 g/mol. The van der Waals surface area contributed by atoms with Crippen LogP contribution in [0.4, 0.5) is 5.69 Å². The molecule has 1 aromatic rings. The molecule has 2 heterocycles. The maximum absolute atomic E-state index is 12.7. The van der Waals surface area contributed by atoms with Crippen LogP contribution in [0.1, 0.15) is 36.0 Å². The predicted octanol–water partition coefficient (Wildman–Crippen LogP) is 1.18. The minimum atomic E-state index is -3.54. The molecule has 0 spiro atoms. The molecule has 0 saturated heterocycles. The molecule has 2 aliphatic rings. The number of esters is 1. The van der Waals surface area contributed by atoms with Crippen LogP contribution in [0.25, 0.3) is 0 Å². The number of methoxy groups -OCH3 is 1. The first kappa shape index (κ1) is 15.9. The number of nitrogens with zero attached hydrogens (tertiary/aromatic N) is 2. The SMILES string of the molecule is COC(=O)c1cnc2c(c1)N(C(=O)C1CCCC1)CCS2(=O)=O. The molecule has 0 unspecified atom stereocenters. The van der Waals surface area contributed by atoms with Gasteiger partial charge in [-0.15, -0.1) is 0 Å². The Morgan fingerprint density at radius 3 is 2.65 bits per heavy atom. The van der Waals surface area contributed by atoms with Crippen molar-refractivity contribution in [2.45, 2.75) is 30.7 Å². The monoisotopic (exact) mass is 338 g/mol. The van der Waals surface area contributed by atoms with Crippen molar-refractivity contribution in [1.82, 2.24) is 4.98 Å². The van der Waals surface area contributed by atoms with Crippen molar-refractivity contribution in [1.29, 1.82) is 0 Å². The van der Waals surface area contributed by atoms with Gasteiger partial charge in [-0.1, -0.05) is 12.8 Å². The first-order chi connectivity index (χ1) is 10.9. The first-order valence-corrected chi connectivity index (χ1v) is 9.22. The number of pyridine rings is 1. The van der Waals surface area contributed by atoms with Crippen LogP contribution < -0.4 is 4.90 Å². The molecular formula is C15H18N2O5S. The van der Waals surface area contributed by atoms with Crippen molar-refractivity contribution in [2.24, 2.45) is 5.92 Å². The van der Waals surface area contributed by atoms with Crippen molar-refractivity contribution < 1.29 is 22.7 Å². The lowest BCUT2D eigenvalue weighted by Crippen LogP contribution is -2.43. The van der Waals surface area contributed by atoms with Crippen molar-refractivity contribution in [3.8, 4) is 0 Å². The molecule has 0 bridgehead atoms. The largest absolute Gasteiger partial charge is 0.465 e. The van der Waals surface area contributed by atoms with Crippen molar-refractivity contribution in [3.63, 3.8) is 0 Å². The van der Waals surface area contributed by atoms with E-state index in [2.05, 4.69) is 9.72 Å². The van der Waals surface area contributed by atoms with Crippen LogP contribution in [-0.2, 0) is 19.4 Å². The molecule has 0 N–H and O–H groups in total. The van der Waals surface area contributed by atoms with Gasteiger partial charge in [-0.3, -0.25) is 4.79 Å². The Bertz CT molecular complexity index is 753. The fourth-order valence-electron chi connectivity index (χ4n) is 3.15. The van der Waals surface area contributed by atoms with E-state index in [1.54, 1.807) is 0 Å². The Balaban J connectivity index is 2.05. The fourth-order valence-corrected chi connectivity index (χ4v) is 4.47. The van der Waals surface area contributed by atoms with Gasteiger partial charge in [0.05, 0.1) is 24.1 Å². The van der Waals surface area contributed by atoms with Crippen LogP contribution in [0.2, 0.25) is 0 Å². The van der Waals surface area contributed by atoms with Crippen LogP contribution in [0.3, 0.4) is 0 Å². The summed E-state index contributed by atoms with van der Waals surface area (Å²) in [5.41, 5.74) is 0.323. The van der Waals surface area contributed by atoms with Gasteiger partial charge in [0.25, 0.3) is 0 Å². The number of aromatic nitrogens is 1. The van der Waals surface area contributed by atoms with E-state index in [9.17, 15) is 18.0 Å². The topological polar surface area (TPSA) is 93.6 Å². The standard InChI is InChI=1S/C15H18N2O5S/c1-22-15(19)11-8-12-13(16-9-11)23(20,21)7-6-17(12)14(18)10-4-2-3-5-10/h8-10H,2-7H2,1H3. The van der Waals surface area contributed by atoms with Crippen molar-refractivity contribution in [3.05, 3.63) is 17.8 Å². The van der Waals surface area contributed by atoms with Gasteiger partial charge in [0.15, 0.2) is 14.9 Å². The zero-order valence-electron chi connectivity index (χ0n) is 12.8. The zero-order chi connectivity index (χ0) is 16.6. The van der Waals surface area contributed by atoms with Gasteiger partial charge in [0.2, 0.25) is 5.91 Å². The molecule has 0 aromatic carbocycles. The van der Waals surface area contributed by atoms with E-state index in [0.717, 1.165) is 25.7 Å². The third-order valence-corrected chi connectivity index (χ3v) is 6.02. The number of fused-ring (bicyclic) bond motifs is 1. The molecule has 1 aromatic heterocycles. The smallest absolute Gasteiger partial charge is 0.339 e. The van der Waals surface area contributed by atoms with E-state index in [1.807, 2.05) is 0 Å². The Labute approximate surface area is 134 Å². The lowest BCUT2D eigenvalue weighted by Gasteiger charge is -2.30. The van der Waals surface area contributed by atoms with E-state index in [1.165, 1.54) is 24.3 Å². The number of anilines is 1. The molecule has 23 heavy (non-hydrogen) atoms. The normalized spacial score (nSPS) is 20.1. The van der Waals surface area contributed by atoms with Gasteiger partial charge in [0, 0.05) is 18.7 Å². The molecular weight excluding hydrogens is 320 g/mol. The summed E-state index contributed by atoms with van der Waals surface area (Å²) in [6.45, 7) is 0.0942. The highest BCUT2D eigenvalue weighted by Crippen LogP contribution is 2.34. The quantitative estimate of drug-likeness (QED) is 0.752. The maximum atomic E-state index is 12.7. The van der Waals surface area contributed by atoms with Gasteiger partial charge < -0.3 is 9.64 Å². The van der Waals surface area contributed by atoms with Crippen LogP contribution in [0.5, 0.6) is 0 Å². The Hall–Kier alpha value is -1.96. The summed E-state index contributed by atoms with van der Waals surface area (Å²) in [6, 6.07) is 1.39. The van der Waals surface area contributed by atoms with Gasteiger partial charge in [0.1, 0.15) is 0 Å². The number of carbonyl (C=O) groups excluding carboxylic acids is 2. The van der Waals surface area contributed by atoms with Gasteiger partial charge >= 0.3 is 5.97 Å². The van der Waals surface area contributed by atoms with Gasteiger partial charge in [-0.05, 0) is 18.9 Å². The fraction of sp³-hybridized carbons (Fsp3) is 0.533.